The van der Waals surface area contributed by atoms with Crippen LogP contribution in [0.1, 0.15) is 0 Å². The van der Waals surface area contributed by atoms with Gasteiger partial charge in [0.05, 0.1) is 6.61 Å². The van der Waals surface area contributed by atoms with Crippen molar-refractivity contribution in [1.29, 1.82) is 0 Å². The molecule has 1 rings (SSSR count). The van der Waals surface area contributed by atoms with E-state index in [-0.39, 0.29) is 0 Å². The molecule has 0 aliphatic carbocycles. The van der Waals surface area contributed by atoms with Gasteiger partial charge in [0.2, 0.25) is 0 Å². The molecule has 0 amide bonds. The zero-order valence-corrected chi connectivity index (χ0v) is 12.3. The normalized spacial score (nSPS) is 37.3. The summed E-state index contributed by atoms with van der Waals surface area (Å²) in [6.45, 7) is -0.963. The number of aliphatic carboxylic acids is 1. The molecule has 10 N–H and O–H groups in total. The molecule has 0 aromatic rings. The largest absolute Gasteiger partial charge is 0.479 e. The molecule has 1 heterocycles. The Hall–Kier alpha value is -0.930. The van der Waals surface area contributed by atoms with Gasteiger partial charge < -0.3 is 55.8 Å². The summed E-state index contributed by atoms with van der Waals surface area (Å²) in [5.41, 5.74) is 0. The number of carboxylic acid groups (broad SMARTS) is 1. The van der Waals surface area contributed by atoms with E-state index in [0.717, 1.165) is 0 Å². The number of aliphatic hydroxyl groups is 9. The zero-order valence-electron chi connectivity index (χ0n) is 12.3. The van der Waals surface area contributed by atoms with Gasteiger partial charge in [0.1, 0.15) is 54.9 Å². The van der Waals surface area contributed by atoms with E-state index in [0.29, 0.717) is 0 Å². The fourth-order valence-electron chi connectivity index (χ4n) is 2.33. The van der Waals surface area contributed by atoms with Gasteiger partial charge in [-0.3, -0.25) is 0 Å². The van der Waals surface area contributed by atoms with Crippen LogP contribution in [-0.2, 0) is 9.53 Å². The molecule has 0 spiro atoms. The van der Waals surface area contributed by atoms with Crippen LogP contribution >= 0.6 is 0 Å². The molecule has 1 aliphatic heterocycles. The molecule has 2 unspecified atom stereocenters. The maximum absolute atomic E-state index is 11.0. The van der Waals surface area contributed by atoms with Gasteiger partial charge in [0.15, 0.2) is 6.10 Å². The fraction of sp³-hybridized carbons (Fsp3) is 0.917. The molecule has 10 atom stereocenters. The second-order valence-electron chi connectivity index (χ2n) is 5.54. The summed E-state index contributed by atoms with van der Waals surface area (Å²) in [6.07, 6.45) is -20.6. The van der Waals surface area contributed by atoms with Crippen LogP contribution in [0.15, 0.2) is 0 Å². The predicted octanol–water partition coefficient (Wildman–Crippen LogP) is -6.28. The first-order chi connectivity index (χ1) is 11.0. The van der Waals surface area contributed by atoms with Gasteiger partial charge in [-0.25, -0.2) is 4.79 Å². The number of ether oxygens (including phenoxy) is 1. The first-order valence-electron chi connectivity index (χ1n) is 6.98. The maximum atomic E-state index is 11.0. The van der Waals surface area contributed by atoms with E-state index in [1.165, 1.54) is 0 Å². The van der Waals surface area contributed by atoms with Crippen molar-refractivity contribution in [3.8, 4) is 0 Å². The van der Waals surface area contributed by atoms with E-state index >= 15 is 0 Å². The molecule has 1 saturated heterocycles. The fourth-order valence-corrected chi connectivity index (χ4v) is 2.33. The number of aliphatic hydroxyl groups excluding tert-OH is 9. The lowest BCUT2D eigenvalue weighted by atomic mass is 9.88. The molecular formula is C12H22O12. The van der Waals surface area contributed by atoms with Crippen LogP contribution in [0, 0.1) is 0 Å². The quantitative estimate of drug-likeness (QED) is 0.205. The van der Waals surface area contributed by atoms with Gasteiger partial charge in [-0.2, -0.15) is 0 Å². The Morgan fingerprint density at radius 2 is 1.42 bits per heavy atom. The van der Waals surface area contributed by atoms with Gasteiger partial charge in [-0.15, -0.1) is 0 Å². The molecule has 1 fully saturated rings. The summed E-state index contributed by atoms with van der Waals surface area (Å²) < 4.78 is 4.77. The number of hydrogen-bond acceptors (Lipinski definition) is 11. The van der Waals surface area contributed by atoms with Crippen molar-refractivity contribution in [3.05, 3.63) is 0 Å². The highest BCUT2D eigenvalue weighted by atomic mass is 16.6. The highest BCUT2D eigenvalue weighted by molar-refractivity contribution is 5.73. The Kier molecular flexibility index (Phi) is 7.43. The van der Waals surface area contributed by atoms with E-state index in [2.05, 4.69) is 0 Å². The van der Waals surface area contributed by atoms with Crippen LogP contribution < -0.4 is 0 Å². The zero-order chi connectivity index (χ0) is 18.8. The lowest BCUT2D eigenvalue weighted by Crippen LogP contribution is -2.65. The first kappa shape index (κ1) is 21.1. The maximum Gasteiger partial charge on any atom is 0.335 e. The average Bonchev–Trinajstić information content (AvgIpc) is 2.56. The minimum Gasteiger partial charge on any atom is -0.479 e. The van der Waals surface area contributed by atoms with E-state index in [1.807, 2.05) is 0 Å². The Morgan fingerprint density at radius 3 is 1.88 bits per heavy atom. The molecule has 12 nitrogen and oxygen atoms in total. The number of rotatable bonds is 7. The molecular weight excluding hydrogens is 336 g/mol. The molecule has 142 valence electrons. The van der Waals surface area contributed by atoms with Gasteiger partial charge in [-0.05, 0) is 0 Å². The van der Waals surface area contributed by atoms with E-state index in [9.17, 15) is 45.6 Å². The van der Waals surface area contributed by atoms with Crippen LogP contribution in [0.25, 0.3) is 0 Å². The molecule has 0 aromatic carbocycles. The molecule has 0 saturated carbocycles. The summed E-state index contributed by atoms with van der Waals surface area (Å²) in [6, 6.07) is 0. The Labute approximate surface area is 135 Å². The van der Waals surface area contributed by atoms with Crippen LogP contribution in [0.3, 0.4) is 0 Å². The summed E-state index contributed by atoms with van der Waals surface area (Å²) in [7, 11) is 0. The highest BCUT2D eigenvalue weighted by Crippen LogP contribution is 2.26. The van der Waals surface area contributed by atoms with Crippen molar-refractivity contribution in [1.82, 2.24) is 0 Å². The van der Waals surface area contributed by atoms with Gasteiger partial charge >= 0.3 is 5.97 Å². The average molecular weight is 358 g/mol. The lowest BCUT2D eigenvalue weighted by molar-refractivity contribution is -0.259. The van der Waals surface area contributed by atoms with Crippen molar-refractivity contribution >= 4 is 5.97 Å². The van der Waals surface area contributed by atoms with Crippen LogP contribution in [-0.4, -0.2) is 125 Å². The standard InChI is InChI=1S/C12H22O12/c13-1-2(14)3(15)4(16)5(17)7(19)10-8(20)6(18)9(21)11(24-10)12(22)23/h2-11,13-21H,1H2,(H,22,23)/t2-,3-,4+,5+,6+,7?,8+,9-,10?,11+/m1/s1. The third kappa shape index (κ3) is 4.18. The molecule has 0 bridgehead atoms. The summed E-state index contributed by atoms with van der Waals surface area (Å²) in [5.74, 6) is -1.71. The molecule has 12 heteroatoms. The number of carboxylic acids is 1. The molecule has 0 radical (unpaired) electrons. The van der Waals surface area contributed by atoms with Crippen LogP contribution in [0.5, 0.6) is 0 Å². The predicted molar refractivity (Wildman–Crippen MR) is 71.4 cm³/mol. The van der Waals surface area contributed by atoms with Crippen molar-refractivity contribution in [2.45, 2.75) is 61.0 Å². The first-order valence-corrected chi connectivity index (χ1v) is 6.98. The van der Waals surface area contributed by atoms with Crippen molar-refractivity contribution in [2.75, 3.05) is 6.61 Å². The number of carbonyl (C=O) groups is 1. The third-order valence-electron chi connectivity index (χ3n) is 3.86. The molecule has 24 heavy (non-hydrogen) atoms. The topological polar surface area (TPSA) is 229 Å². The van der Waals surface area contributed by atoms with Crippen molar-refractivity contribution in [3.63, 3.8) is 0 Å². The highest BCUT2D eigenvalue weighted by Gasteiger charge is 2.51. The SMILES string of the molecule is O=C(O)[C@H]1OC(C(O)[C@@H](O)[C@@H](O)[C@H](O)[C@H](O)CO)[C@@H](O)[C@H](O)[C@H]1O. The van der Waals surface area contributed by atoms with E-state index < -0.39 is 73.6 Å². The Balaban J connectivity index is 2.91. The third-order valence-corrected chi connectivity index (χ3v) is 3.86. The minimum absolute atomic E-state index is 0.963. The van der Waals surface area contributed by atoms with Crippen molar-refractivity contribution < 1.29 is 60.6 Å². The Morgan fingerprint density at radius 1 is 0.875 bits per heavy atom. The van der Waals surface area contributed by atoms with Crippen molar-refractivity contribution in [2.24, 2.45) is 0 Å². The van der Waals surface area contributed by atoms with Crippen LogP contribution in [0.4, 0.5) is 0 Å². The van der Waals surface area contributed by atoms with Gasteiger partial charge in [0.25, 0.3) is 0 Å². The monoisotopic (exact) mass is 358 g/mol. The molecule has 0 aromatic heterocycles. The smallest absolute Gasteiger partial charge is 0.335 e. The summed E-state index contributed by atoms with van der Waals surface area (Å²) >= 11 is 0. The second kappa shape index (κ2) is 8.44. The Bertz CT molecular complexity index is 419. The van der Waals surface area contributed by atoms with Gasteiger partial charge in [-0.1, -0.05) is 0 Å². The van der Waals surface area contributed by atoms with E-state index in [1.54, 1.807) is 0 Å². The van der Waals surface area contributed by atoms with Gasteiger partial charge in [0, 0.05) is 0 Å². The second-order valence-corrected chi connectivity index (χ2v) is 5.54. The molecule has 1 aliphatic rings. The lowest BCUT2D eigenvalue weighted by Gasteiger charge is -2.42. The minimum atomic E-state index is -2.25. The van der Waals surface area contributed by atoms with E-state index in [4.69, 9.17) is 14.9 Å². The summed E-state index contributed by atoms with van der Waals surface area (Å²) in [4.78, 5) is 11.0. The van der Waals surface area contributed by atoms with Crippen LogP contribution in [0.2, 0.25) is 0 Å². The summed E-state index contributed by atoms with van der Waals surface area (Å²) in [5, 5.41) is 94.6. The number of hydrogen-bond donors (Lipinski definition) is 10.